The van der Waals surface area contributed by atoms with Gasteiger partial charge < -0.3 is 0 Å². The maximum Gasteiger partial charge on any atom is 0.170 e. The van der Waals surface area contributed by atoms with E-state index in [1.54, 1.807) is 23.7 Å². The summed E-state index contributed by atoms with van der Waals surface area (Å²) >= 11 is 1.66. The molecule has 6 heteroatoms. The van der Waals surface area contributed by atoms with E-state index in [-0.39, 0.29) is 0 Å². The summed E-state index contributed by atoms with van der Waals surface area (Å²) in [5.74, 6) is 0. The zero-order chi connectivity index (χ0) is 16.8. The van der Waals surface area contributed by atoms with Crippen molar-refractivity contribution in [3.63, 3.8) is 0 Å². The van der Waals surface area contributed by atoms with Gasteiger partial charge in [-0.15, -0.1) is 11.3 Å². The number of aryl methyl sites for hydroxylation is 1. The van der Waals surface area contributed by atoms with Gasteiger partial charge in [0, 0.05) is 48.3 Å². The molecule has 0 saturated heterocycles. The summed E-state index contributed by atoms with van der Waals surface area (Å²) in [7, 11) is 1.93. The van der Waals surface area contributed by atoms with Gasteiger partial charge in [-0.3, -0.25) is 9.67 Å². The van der Waals surface area contributed by atoms with Crippen LogP contribution in [0.4, 0.5) is 0 Å². The van der Waals surface area contributed by atoms with Crippen molar-refractivity contribution < 1.29 is 0 Å². The molecular formula is C19H13N5S. The first-order chi connectivity index (χ1) is 12.3. The molecule has 0 aliphatic carbocycles. The van der Waals surface area contributed by atoms with Gasteiger partial charge in [-0.2, -0.15) is 5.10 Å². The van der Waals surface area contributed by atoms with Crippen molar-refractivity contribution in [2.24, 2.45) is 7.05 Å². The number of thiazole rings is 1. The van der Waals surface area contributed by atoms with Gasteiger partial charge in [-0.1, -0.05) is 0 Å². The van der Waals surface area contributed by atoms with Gasteiger partial charge in [-0.25, -0.2) is 9.97 Å². The minimum absolute atomic E-state index is 0.782. The molecule has 0 spiro atoms. The molecule has 5 aromatic rings. The summed E-state index contributed by atoms with van der Waals surface area (Å²) < 4.78 is 2.91. The number of pyridine rings is 2. The molecule has 0 N–H and O–H groups in total. The fraction of sp³-hybridized carbons (Fsp3) is 0.0526. The van der Waals surface area contributed by atoms with E-state index in [1.165, 1.54) is 0 Å². The molecule has 0 unspecified atom stereocenters. The molecule has 0 bridgehead atoms. The third kappa shape index (κ3) is 2.47. The Morgan fingerprint density at radius 3 is 2.72 bits per heavy atom. The zero-order valence-corrected chi connectivity index (χ0v) is 14.2. The van der Waals surface area contributed by atoms with Gasteiger partial charge in [-0.05, 0) is 42.0 Å². The van der Waals surface area contributed by atoms with Crippen LogP contribution in [0.2, 0.25) is 0 Å². The summed E-state index contributed by atoms with van der Waals surface area (Å²) in [5.41, 5.74) is 5.05. The van der Waals surface area contributed by atoms with E-state index in [2.05, 4.69) is 33.3 Å². The lowest BCUT2D eigenvalue weighted by molar-refractivity contribution is 0.780. The highest BCUT2D eigenvalue weighted by atomic mass is 32.1. The lowest BCUT2D eigenvalue weighted by Gasteiger charge is -1.99. The molecular weight excluding hydrogens is 330 g/mol. The monoisotopic (exact) mass is 343 g/mol. The molecule has 0 radical (unpaired) electrons. The highest BCUT2D eigenvalue weighted by molar-refractivity contribution is 7.21. The van der Waals surface area contributed by atoms with Crippen LogP contribution < -0.4 is 0 Å². The number of nitrogens with zero attached hydrogens (tertiary/aromatic N) is 5. The third-order valence-corrected chi connectivity index (χ3v) is 5.17. The maximum atomic E-state index is 4.70. The Morgan fingerprint density at radius 2 is 1.84 bits per heavy atom. The molecule has 0 aliphatic rings. The number of aromatic nitrogens is 5. The Kier molecular flexibility index (Phi) is 3.11. The summed E-state index contributed by atoms with van der Waals surface area (Å²) in [6.45, 7) is 0. The minimum atomic E-state index is 0.782. The lowest BCUT2D eigenvalue weighted by Crippen LogP contribution is -1.84. The van der Waals surface area contributed by atoms with Crippen LogP contribution in [0.15, 0.2) is 61.2 Å². The van der Waals surface area contributed by atoms with Crippen molar-refractivity contribution in [2.75, 3.05) is 0 Å². The molecule has 0 amide bonds. The summed E-state index contributed by atoms with van der Waals surface area (Å²) in [5, 5.41) is 6.51. The minimum Gasteiger partial charge on any atom is -0.275 e. The highest BCUT2D eigenvalue weighted by Crippen LogP contribution is 2.32. The Morgan fingerprint density at radius 1 is 0.960 bits per heavy atom. The molecule has 0 aliphatic heterocycles. The van der Waals surface area contributed by atoms with Crippen LogP contribution in [0.3, 0.4) is 0 Å². The number of rotatable bonds is 2. The van der Waals surface area contributed by atoms with E-state index in [4.69, 9.17) is 4.98 Å². The quantitative estimate of drug-likeness (QED) is 0.479. The molecule has 25 heavy (non-hydrogen) atoms. The second-order valence-electron chi connectivity index (χ2n) is 5.88. The number of fused-ring (bicyclic) bond motifs is 2. The van der Waals surface area contributed by atoms with Crippen LogP contribution in [0.25, 0.3) is 42.9 Å². The summed E-state index contributed by atoms with van der Waals surface area (Å²) in [6.07, 6.45) is 7.47. The molecule has 1 aromatic carbocycles. The number of benzene rings is 1. The lowest BCUT2D eigenvalue weighted by atomic mass is 10.1. The highest BCUT2D eigenvalue weighted by Gasteiger charge is 2.10. The Bertz CT molecular complexity index is 1210. The Hall–Kier alpha value is -3.12. The van der Waals surface area contributed by atoms with Gasteiger partial charge in [0.2, 0.25) is 0 Å². The SMILES string of the molecule is Cn1cc2cc(-c3nc4ncc(-c5ccncc5)cc4s3)ccc2n1. The fourth-order valence-electron chi connectivity index (χ4n) is 2.93. The van der Waals surface area contributed by atoms with E-state index in [0.717, 1.165) is 42.9 Å². The molecule has 4 heterocycles. The normalized spacial score (nSPS) is 11.4. The third-order valence-electron chi connectivity index (χ3n) is 4.13. The number of hydrogen-bond acceptors (Lipinski definition) is 5. The maximum absolute atomic E-state index is 4.70. The Labute approximate surface area is 147 Å². The standard InChI is InChI=1S/C19H13N5S/c1-24-11-15-8-13(2-3-16(15)23-24)19-22-18-17(25-19)9-14(10-21-18)12-4-6-20-7-5-12/h2-11H,1H3. The first kappa shape index (κ1) is 14.2. The predicted molar refractivity (Wildman–Crippen MR) is 100 cm³/mol. The van der Waals surface area contributed by atoms with Crippen molar-refractivity contribution in [1.29, 1.82) is 0 Å². The van der Waals surface area contributed by atoms with Crippen LogP contribution in [0.1, 0.15) is 0 Å². The molecule has 4 aromatic heterocycles. The van der Waals surface area contributed by atoms with E-state index in [1.807, 2.05) is 42.3 Å². The average Bonchev–Trinajstić information content (AvgIpc) is 3.23. The van der Waals surface area contributed by atoms with Gasteiger partial charge >= 0.3 is 0 Å². The second kappa shape index (κ2) is 5.46. The largest absolute Gasteiger partial charge is 0.275 e. The van der Waals surface area contributed by atoms with Crippen LogP contribution in [0.5, 0.6) is 0 Å². The van der Waals surface area contributed by atoms with Crippen LogP contribution in [-0.2, 0) is 7.05 Å². The topological polar surface area (TPSA) is 56.5 Å². The van der Waals surface area contributed by atoms with Gasteiger partial charge in [0.1, 0.15) is 5.01 Å². The van der Waals surface area contributed by atoms with Gasteiger partial charge in [0.15, 0.2) is 5.65 Å². The molecule has 5 nitrogen and oxygen atoms in total. The van der Waals surface area contributed by atoms with Crippen LogP contribution in [-0.4, -0.2) is 24.7 Å². The van der Waals surface area contributed by atoms with Gasteiger partial charge in [0.25, 0.3) is 0 Å². The van der Waals surface area contributed by atoms with E-state index >= 15 is 0 Å². The predicted octanol–water partition coefficient (Wildman–Crippen LogP) is 4.31. The van der Waals surface area contributed by atoms with Crippen molar-refractivity contribution in [2.45, 2.75) is 0 Å². The molecule has 0 saturated carbocycles. The smallest absolute Gasteiger partial charge is 0.170 e. The van der Waals surface area contributed by atoms with Crippen LogP contribution >= 0.6 is 11.3 Å². The molecule has 0 atom stereocenters. The van der Waals surface area contributed by atoms with Crippen molar-refractivity contribution in [3.8, 4) is 21.7 Å². The van der Waals surface area contributed by atoms with E-state index in [0.29, 0.717) is 0 Å². The molecule has 0 fully saturated rings. The zero-order valence-electron chi connectivity index (χ0n) is 13.4. The second-order valence-corrected chi connectivity index (χ2v) is 6.91. The van der Waals surface area contributed by atoms with E-state index < -0.39 is 0 Å². The number of hydrogen-bond donors (Lipinski definition) is 0. The van der Waals surface area contributed by atoms with Crippen molar-refractivity contribution in [3.05, 3.63) is 61.2 Å². The summed E-state index contributed by atoms with van der Waals surface area (Å²) in [6, 6.07) is 12.3. The first-order valence-corrected chi connectivity index (χ1v) is 8.69. The van der Waals surface area contributed by atoms with E-state index in [9.17, 15) is 0 Å². The summed E-state index contributed by atoms with van der Waals surface area (Å²) in [4.78, 5) is 13.3. The van der Waals surface area contributed by atoms with Crippen LogP contribution in [0, 0.1) is 0 Å². The average molecular weight is 343 g/mol. The molecule has 120 valence electrons. The fourth-order valence-corrected chi connectivity index (χ4v) is 3.89. The van der Waals surface area contributed by atoms with Crippen molar-refractivity contribution in [1.82, 2.24) is 24.7 Å². The molecule has 5 rings (SSSR count). The Balaban J connectivity index is 1.61. The first-order valence-electron chi connectivity index (χ1n) is 7.87. The van der Waals surface area contributed by atoms with Gasteiger partial charge in [0.05, 0.1) is 10.2 Å². The van der Waals surface area contributed by atoms with Crippen molar-refractivity contribution >= 4 is 32.6 Å².